The topological polar surface area (TPSA) is 117 Å². The highest BCUT2D eigenvalue weighted by atomic mass is 35.5. The average Bonchev–Trinajstić information content (AvgIpc) is 3.22. The normalized spacial score (nSPS) is 15.0. The molecule has 1 atom stereocenters. The largest absolute Gasteiger partial charge is 0.466 e. The van der Waals surface area contributed by atoms with Crippen molar-refractivity contribution >= 4 is 28.8 Å². The van der Waals surface area contributed by atoms with Crippen LogP contribution in [0.5, 0.6) is 0 Å². The molecule has 0 aromatic heterocycles. The first kappa shape index (κ1) is 36.9. The minimum atomic E-state index is -0.687. The maximum atomic E-state index is 11.1. The Morgan fingerprint density at radius 2 is 1.56 bits per heavy atom. The fourth-order valence-electron chi connectivity index (χ4n) is 2.76. The van der Waals surface area contributed by atoms with Gasteiger partial charge in [0.15, 0.2) is 0 Å². The Balaban J connectivity index is -0.000000383. The fourth-order valence-corrected chi connectivity index (χ4v) is 2.87. The van der Waals surface area contributed by atoms with Crippen molar-refractivity contribution in [2.45, 2.75) is 113 Å². The van der Waals surface area contributed by atoms with Gasteiger partial charge in [0.1, 0.15) is 6.42 Å². The number of allylic oxidation sites excluding steroid dienone is 1. The summed E-state index contributed by atoms with van der Waals surface area (Å²) in [5.41, 5.74) is 6.58. The zero-order chi connectivity index (χ0) is 27.1. The lowest BCUT2D eigenvalue weighted by Gasteiger charge is -2.10. The maximum Gasteiger partial charge on any atom is 0.335 e. The van der Waals surface area contributed by atoms with Crippen LogP contribution in [0.25, 0.3) is 0 Å². The van der Waals surface area contributed by atoms with Crippen LogP contribution in [-0.4, -0.2) is 55.2 Å². The van der Waals surface area contributed by atoms with Gasteiger partial charge in [-0.25, -0.2) is 4.79 Å². The molecule has 202 valence electrons. The van der Waals surface area contributed by atoms with E-state index in [-0.39, 0.29) is 19.0 Å². The molecule has 1 heterocycles. The van der Waals surface area contributed by atoms with Gasteiger partial charge in [-0.3, -0.25) is 9.59 Å². The van der Waals surface area contributed by atoms with Gasteiger partial charge in [-0.15, -0.1) is 0 Å². The van der Waals surface area contributed by atoms with Crippen LogP contribution >= 0.6 is 11.6 Å². The molecule has 0 aliphatic carbocycles. The Morgan fingerprint density at radius 3 is 1.79 bits per heavy atom. The number of carbonyl (C=O) groups is 3. The smallest absolute Gasteiger partial charge is 0.335 e. The highest BCUT2D eigenvalue weighted by molar-refractivity contribution is 6.64. The average molecular weight is 509 g/mol. The van der Waals surface area contributed by atoms with E-state index in [1.54, 1.807) is 20.8 Å². The fraction of sp³-hybridized carbons (Fsp3) is 0.800. The third-order valence-electron chi connectivity index (χ3n) is 4.09. The molecule has 3 N–H and O–H groups in total. The Bertz CT molecular complexity index is 564. The molecular formula is C25H49ClN2O6. The molecule has 8 nitrogen and oxygen atoms in total. The van der Waals surface area contributed by atoms with Crippen LogP contribution < -0.4 is 11.1 Å². The van der Waals surface area contributed by atoms with Crippen molar-refractivity contribution in [3.63, 3.8) is 0 Å². The molecule has 9 heteroatoms. The second-order valence-corrected chi connectivity index (χ2v) is 8.51. The number of nitrogens with one attached hydrogen (secondary N) is 1. The van der Waals surface area contributed by atoms with Crippen LogP contribution in [0.3, 0.4) is 0 Å². The van der Waals surface area contributed by atoms with Gasteiger partial charge >= 0.3 is 11.9 Å². The SMILES string of the molecule is CC(C)NC(C)C.CCC1CCCO1.CCOC(=O)/C(CC)=C(/C)N.CCOC(=O)CC(=O)Cl. The molecule has 0 spiro atoms. The summed E-state index contributed by atoms with van der Waals surface area (Å²) < 4.78 is 14.5. The molecule has 1 aliphatic heterocycles. The first-order valence-corrected chi connectivity index (χ1v) is 12.6. The third-order valence-corrected chi connectivity index (χ3v) is 4.22. The lowest BCUT2D eigenvalue weighted by molar-refractivity contribution is -0.144. The lowest BCUT2D eigenvalue weighted by Crippen LogP contribution is -2.29. The first-order chi connectivity index (χ1) is 15.9. The standard InChI is InChI=1S/C8H15NO2.C6H15N.C6H12O.C5H7ClO3/c1-4-7(6(3)9)8(10)11-5-2;1-5(2)7-6(3)4;1-2-6-4-3-5-7-6;1-2-9-5(8)3-4(6)7/h4-5,9H2,1-3H3;5-7H,1-4H3;6H,2-5H2,1H3;2-3H2,1H3/b7-6-;;;. The maximum absolute atomic E-state index is 11.1. The van der Waals surface area contributed by atoms with Crippen molar-refractivity contribution in [2.24, 2.45) is 5.73 Å². The van der Waals surface area contributed by atoms with Gasteiger partial charge in [0.05, 0.1) is 24.9 Å². The molecule has 0 saturated carbocycles. The van der Waals surface area contributed by atoms with E-state index in [0.717, 1.165) is 6.61 Å². The van der Waals surface area contributed by atoms with E-state index in [4.69, 9.17) is 26.8 Å². The highest BCUT2D eigenvalue weighted by Crippen LogP contribution is 2.13. The molecule has 1 rings (SSSR count). The number of carbonyl (C=O) groups excluding carboxylic acids is 3. The van der Waals surface area contributed by atoms with Gasteiger partial charge < -0.3 is 25.3 Å². The van der Waals surface area contributed by atoms with E-state index < -0.39 is 11.2 Å². The predicted octanol–water partition coefficient (Wildman–Crippen LogP) is 4.87. The van der Waals surface area contributed by atoms with Crippen LogP contribution in [0.15, 0.2) is 11.3 Å². The van der Waals surface area contributed by atoms with Crippen molar-refractivity contribution in [2.75, 3.05) is 19.8 Å². The number of hydrogen-bond donors (Lipinski definition) is 2. The van der Waals surface area contributed by atoms with E-state index >= 15 is 0 Å². The van der Waals surface area contributed by atoms with Gasteiger partial charge in [0.25, 0.3) is 0 Å². The summed E-state index contributed by atoms with van der Waals surface area (Å²) in [4.78, 5) is 31.4. The molecule has 1 unspecified atom stereocenters. The van der Waals surface area contributed by atoms with Crippen molar-refractivity contribution in [1.29, 1.82) is 0 Å². The predicted molar refractivity (Wildman–Crippen MR) is 139 cm³/mol. The summed E-state index contributed by atoms with van der Waals surface area (Å²) in [6, 6.07) is 1.25. The molecule has 0 aromatic rings. The molecule has 34 heavy (non-hydrogen) atoms. The molecule has 0 bridgehead atoms. The quantitative estimate of drug-likeness (QED) is 0.196. The molecule has 1 fully saturated rings. The number of rotatable bonds is 9. The van der Waals surface area contributed by atoms with E-state index in [0.29, 0.717) is 42.5 Å². The van der Waals surface area contributed by atoms with Gasteiger partial charge in [0, 0.05) is 24.4 Å². The molecule has 1 aliphatic rings. The van der Waals surface area contributed by atoms with Crippen LogP contribution in [0.2, 0.25) is 0 Å². The molecule has 0 aromatic carbocycles. The molecule has 0 radical (unpaired) electrons. The van der Waals surface area contributed by atoms with Gasteiger partial charge in [0.2, 0.25) is 5.24 Å². The van der Waals surface area contributed by atoms with Crippen molar-refractivity contribution in [3.05, 3.63) is 11.3 Å². The van der Waals surface area contributed by atoms with E-state index in [1.807, 2.05) is 6.92 Å². The summed E-state index contributed by atoms with van der Waals surface area (Å²) in [6.07, 6.45) is 4.64. The second-order valence-electron chi connectivity index (χ2n) is 8.09. The van der Waals surface area contributed by atoms with E-state index in [2.05, 4.69) is 44.7 Å². The number of nitrogens with two attached hydrogens (primary N) is 1. The number of ether oxygens (including phenoxy) is 3. The summed E-state index contributed by atoms with van der Waals surface area (Å²) in [5, 5.41) is 2.62. The van der Waals surface area contributed by atoms with Crippen LogP contribution in [0, 0.1) is 0 Å². The number of halogens is 1. The zero-order valence-corrected chi connectivity index (χ0v) is 23.5. The Kier molecular flexibility index (Phi) is 26.6. The number of esters is 2. The summed E-state index contributed by atoms with van der Waals surface area (Å²) in [5.74, 6) is -0.868. The molecule has 1 saturated heterocycles. The van der Waals surface area contributed by atoms with E-state index in [1.165, 1.54) is 19.3 Å². The van der Waals surface area contributed by atoms with Crippen molar-refractivity contribution in [1.82, 2.24) is 5.32 Å². The lowest BCUT2D eigenvalue weighted by atomic mass is 10.2. The zero-order valence-electron chi connectivity index (χ0n) is 22.8. The highest BCUT2D eigenvalue weighted by Gasteiger charge is 2.11. The van der Waals surface area contributed by atoms with Crippen molar-refractivity contribution in [3.8, 4) is 0 Å². The van der Waals surface area contributed by atoms with Crippen LogP contribution in [0.4, 0.5) is 0 Å². The Hall–Kier alpha value is -1.64. The third kappa shape index (κ3) is 26.6. The van der Waals surface area contributed by atoms with Crippen molar-refractivity contribution < 1.29 is 28.6 Å². The molecule has 0 amide bonds. The first-order valence-electron chi connectivity index (χ1n) is 12.2. The van der Waals surface area contributed by atoms with Gasteiger partial charge in [-0.2, -0.15) is 0 Å². The van der Waals surface area contributed by atoms with E-state index in [9.17, 15) is 14.4 Å². The van der Waals surface area contributed by atoms with Gasteiger partial charge in [-0.05, 0) is 58.1 Å². The summed E-state index contributed by atoms with van der Waals surface area (Å²) in [7, 11) is 0. The Labute approximate surface area is 212 Å². The van der Waals surface area contributed by atoms with Crippen LogP contribution in [-0.2, 0) is 28.6 Å². The van der Waals surface area contributed by atoms with Gasteiger partial charge in [-0.1, -0.05) is 41.5 Å². The minimum absolute atomic E-state index is 0.281. The summed E-state index contributed by atoms with van der Waals surface area (Å²) in [6.45, 7) is 19.5. The minimum Gasteiger partial charge on any atom is -0.466 e. The summed E-state index contributed by atoms with van der Waals surface area (Å²) >= 11 is 4.87. The Morgan fingerprint density at radius 1 is 1.03 bits per heavy atom. The van der Waals surface area contributed by atoms with Crippen LogP contribution in [0.1, 0.15) is 94.4 Å². The second kappa shape index (κ2) is 24.5. The number of hydrogen-bond acceptors (Lipinski definition) is 8. The molecular weight excluding hydrogens is 460 g/mol. The monoisotopic (exact) mass is 508 g/mol.